The van der Waals surface area contributed by atoms with Crippen molar-refractivity contribution in [1.29, 1.82) is 0 Å². The summed E-state index contributed by atoms with van der Waals surface area (Å²) in [5.41, 5.74) is 16.5. The van der Waals surface area contributed by atoms with Crippen molar-refractivity contribution in [2.24, 2.45) is 23.1 Å². The molecule has 4 atom stereocenters. The quantitative estimate of drug-likeness (QED) is 0.180. The predicted octanol–water partition coefficient (Wildman–Crippen LogP) is 2.24. The van der Waals surface area contributed by atoms with Gasteiger partial charge < -0.3 is 27.6 Å². The third-order valence-electron chi connectivity index (χ3n) is 7.76. The molecule has 0 aliphatic heterocycles. The van der Waals surface area contributed by atoms with Gasteiger partial charge in [0.25, 0.3) is 5.91 Å². The summed E-state index contributed by atoms with van der Waals surface area (Å²) in [7, 11) is 0. The maximum absolute atomic E-state index is 13.9. The standard InChI is InChI=1S/C32H35N5O4/c1-21(38)25(20-23-12-6-3-7-13-23)32(30(34)41,31(35,29(33)40)19-18-22-10-4-2-5-11-22)37-28(39)27-17-16-24-14-8-9-15-26(24)36-27/h2-17,21,25,38H,18-20,35H2,1H3,(H2,33,40)(H2,34,41)(H,37,39). The van der Waals surface area contributed by atoms with Gasteiger partial charge in [0.1, 0.15) is 11.2 Å². The van der Waals surface area contributed by atoms with Crippen LogP contribution in [-0.2, 0) is 22.4 Å². The number of carbonyl (C=O) groups excluding carboxylic acids is 3. The summed E-state index contributed by atoms with van der Waals surface area (Å²) >= 11 is 0. The molecule has 0 saturated heterocycles. The first-order chi connectivity index (χ1) is 19.6. The minimum atomic E-state index is -2.30. The van der Waals surface area contributed by atoms with Crippen molar-refractivity contribution in [3.05, 3.63) is 114 Å². The highest BCUT2D eigenvalue weighted by atomic mass is 16.3. The average molecular weight is 554 g/mol. The molecule has 9 nitrogen and oxygen atoms in total. The number of aryl methyl sites for hydroxylation is 1. The molecule has 41 heavy (non-hydrogen) atoms. The van der Waals surface area contributed by atoms with Gasteiger partial charge in [-0.25, -0.2) is 4.98 Å². The molecule has 3 amide bonds. The number of benzene rings is 3. The second-order valence-electron chi connectivity index (χ2n) is 10.4. The predicted molar refractivity (Wildman–Crippen MR) is 157 cm³/mol. The normalized spacial score (nSPS) is 15.7. The molecule has 9 heteroatoms. The van der Waals surface area contributed by atoms with E-state index in [2.05, 4.69) is 10.3 Å². The summed E-state index contributed by atoms with van der Waals surface area (Å²) in [6.07, 6.45) is -1.08. The van der Waals surface area contributed by atoms with E-state index in [4.69, 9.17) is 17.2 Å². The molecule has 212 valence electrons. The Hall–Kier alpha value is -4.60. The molecule has 4 rings (SSSR count). The zero-order valence-corrected chi connectivity index (χ0v) is 22.9. The molecule has 8 N–H and O–H groups in total. The fourth-order valence-corrected chi connectivity index (χ4v) is 5.49. The summed E-state index contributed by atoms with van der Waals surface area (Å²) in [6.45, 7) is 1.46. The molecule has 0 saturated carbocycles. The molecule has 0 fully saturated rings. The number of primary amides is 2. The van der Waals surface area contributed by atoms with Crippen LogP contribution < -0.4 is 22.5 Å². The number of amides is 3. The lowest BCUT2D eigenvalue weighted by Gasteiger charge is -2.50. The topological polar surface area (TPSA) is 174 Å². The van der Waals surface area contributed by atoms with Crippen molar-refractivity contribution in [3.8, 4) is 0 Å². The Bertz CT molecular complexity index is 1530. The lowest BCUT2D eigenvalue weighted by molar-refractivity contribution is -0.142. The number of hydrogen-bond acceptors (Lipinski definition) is 6. The van der Waals surface area contributed by atoms with Crippen LogP contribution in [0.4, 0.5) is 0 Å². The number of para-hydroxylation sites is 1. The Morgan fingerprint density at radius 2 is 1.41 bits per heavy atom. The third kappa shape index (κ3) is 5.96. The molecule has 0 aliphatic rings. The SMILES string of the molecule is CC(O)C(Cc1ccccc1)C(NC(=O)c1ccc2ccccc2n1)(C(N)=O)C(N)(CCc1ccccc1)C(N)=O. The van der Waals surface area contributed by atoms with Gasteiger partial charge >= 0.3 is 0 Å². The molecular weight excluding hydrogens is 518 g/mol. The second kappa shape index (κ2) is 12.3. The van der Waals surface area contributed by atoms with Gasteiger partial charge in [-0.1, -0.05) is 84.9 Å². The van der Waals surface area contributed by atoms with E-state index in [-0.39, 0.29) is 25.0 Å². The first kappa shape index (κ1) is 29.4. The van der Waals surface area contributed by atoms with E-state index >= 15 is 0 Å². The van der Waals surface area contributed by atoms with Crippen molar-refractivity contribution < 1.29 is 19.5 Å². The largest absolute Gasteiger partial charge is 0.393 e. The Labute approximate surface area is 238 Å². The van der Waals surface area contributed by atoms with E-state index in [0.29, 0.717) is 5.52 Å². The zero-order chi connectivity index (χ0) is 29.6. The highest BCUT2D eigenvalue weighted by Crippen LogP contribution is 2.37. The van der Waals surface area contributed by atoms with E-state index < -0.39 is 40.8 Å². The van der Waals surface area contributed by atoms with Crippen LogP contribution in [0.3, 0.4) is 0 Å². The van der Waals surface area contributed by atoms with Gasteiger partial charge in [-0.05, 0) is 49.4 Å². The Balaban J connectivity index is 1.87. The summed E-state index contributed by atoms with van der Waals surface area (Å²) in [5.74, 6) is -4.07. The molecule has 0 spiro atoms. The van der Waals surface area contributed by atoms with Gasteiger partial charge in [0, 0.05) is 11.3 Å². The number of aromatic nitrogens is 1. The molecular formula is C32H35N5O4. The van der Waals surface area contributed by atoms with Crippen molar-refractivity contribution in [2.45, 2.75) is 43.4 Å². The van der Waals surface area contributed by atoms with Crippen LogP contribution in [0, 0.1) is 5.92 Å². The zero-order valence-electron chi connectivity index (χ0n) is 22.9. The number of hydrogen-bond donors (Lipinski definition) is 5. The van der Waals surface area contributed by atoms with Gasteiger partial charge in [0.2, 0.25) is 11.8 Å². The van der Waals surface area contributed by atoms with Crippen molar-refractivity contribution >= 4 is 28.6 Å². The summed E-state index contributed by atoms with van der Waals surface area (Å²) in [5, 5.41) is 14.6. The van der Waals surface area contributed by atoms with Gasteiger partial charge in [-0.15, -0.1) is 0 Å². The lowest BCUT2D eigenvalue weighted by Crippen LogP contribution is -2.82. The van der Waals surface area contributed by atoms with Crippen LogP contribution in [0.2, 0.25) is 0 Å². The molecule has 0 bridgehead atoms. The highest BCUT2D eigenvalue weighted by molar-refractivity contribution is 6.04. The van der Waals surface area contributed by atoms with E-state index in [1.807, 2.05) is 48.5 Å². The maximum atomic E-state index is 13.9. The number of fused-ring (bicyclic) bond motifs is 1. The fraction of sp³-hybridized carbons (Fsp3) is 0.250. The van der Waals surface area contributed by atoms with Crippen LogP contribution in [0.25, 0.3) is 10.9 Å². The number of carbonyl (C=O) groups is 3. The summed E-state index contributed by atoms with van der Waals surface area (Å²) in [4.78, 5) is 45.3. The van der Waals surface area contributed by atoms with Crippen LogP contribution in [0.1, 0.15) is 35.0 Å². The molecule has 1 aromatic heterocycles. The van der Waals surface area contributed by atoms with Crippen LogP contribution in [0.5, 0.6) is 0 Å². The average Bonchev–Trinajstić information content (AvgIpc) is 2.98. The highest BCUT2D eigenvalue weighted by Gasteiger charge is 2.63. The molecule has 0 radical (unpaired) electrons. The van der Waals surface area contributed by atoms with Gasteiger partial charge in [-0.2, -0.15) is 0 Å². The van der Waals surface area contributed by atoms with Gasteiger partial charge in [-0.3, -0.25) is 14.4 Å². The smallest absolute Gasteiger partial charge is 0.270 e. The number of pyridine rings is 1. The number of aliphatic hydroxyl groups excluding tert-OH is 1. The Morgan fingerprint density at radius 1 is 0.829 bits per heavy atom. The van der Waals surface area contributed by atoms with Crippen LogP contribution >= 0.6 is 0 Å². The lowest BCUT2D eigenvalue weighted by atomic mass is 9.62. The van der Waals surface area contributed by atoms with Crippen LogP contribution in [-0.4, -0.2) is 45.0 Å². The summed E-state index contributed by atoms with van der Waals surface area (Å²) in [6, 6.07) is 28.7. The molecule has 4 aromatic rings. The van der Waals surface area contributed by atoms with E-state index in [1.165, 1.54) is 13.0 Å². The monoisotopic (exact) mass is 553 g/mol. The molecule has 0 aliphatic carbocycles. The summed E-state index contributed by atoms with van der Waals surface area (Å²) < 4.78 is 0. The number of aliphatic hydroxyl groups is 1. The Kier molecular flexibility index (Phi) is 8.80. The van der Waals surface area contributed by atoms with E-state index in [1.54, 1.807) is 42.5 Å². The third-order valence-corrected chi connectivity index (χ3v) is 7.76. The van der Waals surface area contributed by atoms with Crippen molar-refractivity contribution in [3.63, 3.8) is 0 Å². The minimum Gasteiger partial charge on any atom is -0.393 e. The van der Waals surface area contributed by atoms with Crippen molar-refractivity contribution in [2.75, 3.05) is 0 Å². The number of nitrogens with zero attached hydrogens (tertiary/aromatic N) is 1. The molecule has 1 heterocycles. The van der Waals surface area contributed by atoms with E-state index in [0.717, 1.165) is 16.5 Å². The van der Waals surface area contributed by atoms with Gasteiger partial charge in [0.15, 0.2) is 5.54 Å². The maximum Gasteiger partial charge on any atom is 0.270 e. The number of nitrogens with one attached hydrogen (secondary N) is 1. The molecule has 3 aromatic carbocycles. The minimum absolute atomic E-state index is 0.0201. The fourth-order valence-electron chi connectivity index (χ4n) is 5.49. The first-order valence-electron chi connectivity index (χ1n) is 13.4. The Morgan fingerprint density at radius 3 is 2.00 bits per heavy atom. The van der Waals surface area contributed by atoms with E-state index in [9.17, 15) is 19.5 Å². The van der Waals surface area contributed by atoms with Crippen molar-refractivity contribution in [1.82, 2.24) is 10.3 Å². The second-order valence-corrected chi connectivity index (χ2v) is 10.4. The number of rotatable bonds is 12. The number of nitrogens with two attached hydrogens (primary N) is 3. The van der Waals surface area contributed by atoms with Crippen LogP contribution in [0.15, 0.2) is 97.1 Å². The first-order valence-corrected chi connectivity index (χ1v) is 13.4. The van der Waals surface area contributed by atoms with Gasteiger partial charge in [0.05, 0.1) is 11.6 Å². The molecule has 4 unspecified atom stereocenters.